The van der Waals surface area contributed by atoms with E-state index in [1.807, 2.05) is 13.8 Å². The Bertz CT molecular complexity index is 518. The molecule has 18 heavy (non-hydrogen) atoms. The van der Waals surface area contributed by atoms with E-state index in [0.717, 1.165) is 12.7 Å². The predicted octanol–water partition coefficient (Wildman–Crippen LogP) is 2.29. The fourth-order valence-corrected chi connectivity index (χ4v) is 2.30. The molecule has 0 aliphatic rings. The smallest absolute Gasteiger partial charge is 0.339 e. The van der Waals surface area contributed by atoms with Crippen molar-refractivity contribution in [1.29, 1.82) is 0 Å². The molecule has 0 bridgehead atoms. The van der Waals surface area contributed by atoms with Crippen LogP contribution in [0.15, 0.2) is 29.2 Å². The first-order valence-corrected chi connectivity index (χ1v) is 7.67. The Kier molecular flexibility index (Phi) is 4.90. The number of benzene rings is 1. The molecule has 0 unspecified atom stereocenters. The fourth-order valence-electron chi connectivity index (χ4n) is 1.42. The molecule has 0 radical (unpaired) electrons. The van der Waals surface area contributed by atoms with Crippen molar-refractivity contribution in [1.82, 2.24) is 0 Å². The second kappa shape index (κ2) is 6.00. The number of carbonyl (C=O) groups excluding carboxylic acids is 1. The highest BCUT2D eigenvalue weighted by Crippen LogP contribution is 2.16. The monoisotopic (exact) mass is 270 g/mol. The van der Waals surface area contributed by atoms with Crippen molar-refractivity contribution in [2.45, 2.75) is 25.2 Å². The molecule has 4 nitrogen and oxygen atoms in total. The highest BCUT2D eigenvalue weighted by atomic mass is 32.2. The van der Waals surface area contributed by atoms with Crippen LogP contribution in [0.5, 0.6) is 0 Å². The van der Waals surface area contributed by atoms with E-state index in [2.05, 4.69) is 0 Å². The molecule has 0 saturated heterocycles. The van der Waals surface area contributed by atoms with Crippen molar-refractivity contribution in [3.05, 3.63) is 29.8 Å². The Labute approximate surface area is 108 Å². The minimum absolute atomic E-state index is 0.0135. The maximum Gasteiger partial charge on any atom is 0.339 e. The summed E-state index contributed by atoms with van der Waals surface area (Å²) in [5, 5.41) is 0. The lowest BCUT2D eigenvalue weighted by atomic mass is 10.1. The fraction of sp³-hybridized carbons (Fsp3) is 0.462. The van der Waals surface area contributed by atoms with Gasteiger partial charge in [-0.2, -0.15) is 0 Å². The number of rotatable bonds is 5. The third kappa shape index (κ3) is 4.14. The maximum atomic E-state index is 11.8. The number of hydrogen-bond acceptors (Lipinski definition) is 4. The van der Waals surface area contributed by atoms with Crippen LogP contribution in [0.25, 0.3) is 0 Å². The molecule has 5 heteroatoms. The summed E-state index contributed by atoms with van der Waals surface area (Å²) in [5.74, 6) is -0.153. The van der Waals surface area contributed by atoms with E-state index < -0.39 is 15.8 Å². The number of ether oxygens (including phenoxy) is 1. The summed E-state index contributed by atoms with van der Waals surface area (Å²) < 4.78 is 28.1. The summed E-state index contributed by atoms with van der Waals surface area (Å²) in [5.41, 5.74) is 0.101. The lowest BCUT2D eigenvalue weighted by Crippen LogP contribution is -2.12. The van der Waals surface area contributed by atoms with Crippen molar-refractivity contribution in [3.63, 3.8) is 0 Å². The molecule has 0 saturated carbocycles. The molecule has 1 aromatic rings. The van der Waals surface area contributed by atoms with E-state index >= 15 is 0 Å². The van der Waals surface area contributed by atoms with E-state index in [-0.39, 0.29) is 10.5 Å². The standard InChI is InChI=1S/C13H18O4S/c1-10(2)8-9-17-13(14)11-6-4-5-7-12(11)18(3,15)16/h4-7,10H,8-9H2,1-3H3. The molecule has 0 N–H and O–H groups in total. The van der Waals surface area contributed by atoms with Gasteiger partial charge in [0.15, 0.2) is 9.84 Å². The number of hydrogen-bond donors (Lipinski definition) is 0. The van der Waals surface area contributed by atoms with Crippen LogP contribution in [-0.4, -0.2) is 27.2 Å². The third-order valence-electron chi connectivity index (χ3n) is 2.43. The summed E-state index contributed by atoms with van der Waals surface area (Å²) in [7, 11) is -3.42. The van der Waals surface area contributed by atoms with Gasteiger partial charge in [0.2, 0.25) is 0 Å². The molecule has 0 amide bonds. The summed E-state index contributed by atoms with van der Waals surface area (Å²) in [6.45, 7) is 4.35. The Morgan fingerprint density at radius 2 is 1.89 bits per heavy atom. The van der Waals surface area contributed by atoms with Gasteiger partial charge in [0.25, 0.3) is 0 Å². The van der Waals surface area contributed by atoms with Gasteiger partial charge in [0.05, 0.1) is 17.1 Å². The average Bonchev–Trinajstić information content (AvgIpc) is 2.27. The predicted molar refractivity (Wildman–Crippen MR) is 69.3 cm³/mol. The molecule has 0 aliphatic heterocycles. The first-order valence-electron chi connectivity index (χ1n) is 5.78. The molecule has 0 fully saturated rings. The Morgan fingerprint density at radius 1 is 1.28 bits per heavy atom. The van der Waals surface area contributed by atoms with Gasteiger partial charge in [0.1, 0.15) is 0 Å². The van der Waals surface area contributed by atoms with Crippen molar-refractivity contribution >= 4 is 15.8 Å². The van der Waals surface area contributed by atoms with Gasteiger partial charge in [-0.05, 0) is 24.5 Å². The van der Waals surface area contributed by atoms with Crippen molar-refractivity contribution < 1.29 is 17.9 Å². The van der Waals surface area contributed by atoms with Crippen LogP contribution in [0.2, 0.25) is 0 Å². The quantitative estimate of drug-likeness (QED) is 0.770. The minimum Gasteiger partial charge on any atom is -0.462 e. The van der Waals surface area contributed by atoms with E-state index in [0.29, 0.717) is 12.5 Å². The van der Waals surface area contributed by atoms with Gasteiger partial charge >= 0.3 is 5.97 Å². The van der Waals surface area contributed by atoms with Crippen molar-refractivity contribution in [2.24, 2.45) is 5.92 Å². The molecule has 100 valence electrons. The average molecular weight is 270 g/mol. The maximum absolute atomic E-state index is 11.8. The molecule has 0 aliphatic carbocycles. The first-order chi connectivity index (χ1) is 8.32. The second-order valence-electron chi connectivity index (χ2n) is 4.59. The highest BCUT2D eigenvalue weighted by molar-refractivity contribution is 7.90. The summed E-state index contributed by atoms with van der Waals surface area (Å²) in [6.07, 6.45) is 1.83. The molecular formula is C13H18O4S. The number of carbonyl (C=O) groups is 1. The SMILES string of the molecule is CC(C)CCOC(=O)c1ccccc1S(C)(=O)=O. The lowest BCUT2D eigenvalue weighted by molar-refractivity contribution is 0.0483. The van der Waals surface area contributed by atoms with E-state index in [9.17, 15) is 13.2 Å². The minimum atomic E-state index is -3.42. The lowest BCUT2D eigenvalue weighted by Gasteiger charge is -2.09. The Hall–Kier alpha value is -1.36. The van der Waals surface area contributed by atoms with Crippen LogP contribution in [0.4, 0.5) is 0 Å². The van der Waals surface area contributed by atoms with Gasteiger partial charge in [0, 0.05) is 6.26 Å². The van der Waals surface area contributed by atoms with Crippen LogP contribution in [0.1, 0.15) is 30.6 Å². The highest BCUT2D eigenvalue weighted by Gasteiger charge is 2.19. The van der Waals surface area contributed by atoms with E-state index in [1.165, 1.54) is 12.1 Å². The molecule has 0 aromatic heterocycles. The van der Waals surface area contributed by atoms with Gasteiger partial charge in [-0.25, -0.2) is 13.2 Å². The first kappa shape index (κ1) is 14.7. The van der Waals surface area contributed by atoms with Crippen molar-refractivity contribution in [2.75, 3.05) is 12.9 Å². The molecular weight excluding hydrogens is 252 g/mol. The molecule has 0 atom stereocenters. The van der Waals surface area contributed by atoms with Crippen LogP contribution in [0, 0.1) is 5.92 Å². The van der Waals surface area contributed by atoms with Crippen LogP contribution in [0.3, 0.4) is 0 Å². The number of sulfone groups is 1. The van der Waals surface area contributed by atoms with Gasteiger partial charge in [-0.3, -0.25) is 0 Å². The van der Waals surface area contributed by atoms with E-state index in [4.69, 9.17) is 4.74 Å². The van der Waals surface area contributed by atoms with E-state index in [1.54, 1.807) is 12.1 Å². The van der Waals surface area contributed by atoms with Crippen LogP contribution >= 0.6 is 0 Å². The third-order valence-corrected chi connectivity index (χ3v) is 3.59. The molecule has 0 spiro atoms. The Balaban J connectivity index is 2.87. The topological polar surface area (TPSA) is 60.4 Å². The number of esters is 1. The van der Waals surface area contributed by atoms with Gasteiger partial charge in [-0.15, -0.1) is 0 Å². The van der Waals surface area contributed by atoms with Crippen LogP contribution in [-0.2, 0) is 14.6 Å². The van der Waals surface area contributed by atoms with Crippen LogP contribution < -0.4 is 0 Å². The molecule has 1 aromatic carbocycles. The molecule has 1 rings (SSSR count). The Morgan fingerprint density at radius 3 is 2.44 bits per heavy atom. The van der Waals surface area contributed by atoms with Crippen molar-refractivity contribution in [3.8, 4) is 0 Å². The van der Waals surface area contributed by atoms with Gasteiger partial charge in [-0.1, -0.05) is 26.0 Å². The second-order valence-corrected chi connectivity index (χ2v) is 6.57. The zero-order valence-electron chi connectivity index (χ0n) is 10.8. The summed E-state index contributed by atoms with van der Waals surface area (Å²) in [6, 6.07) is 6.08. The summed E-state index contributed by atoms with van der Waals surface area (Å²) >= 11 is 0. The zero-order chi connectivity index (χ0) is 13.8. The largest absolute Gasteiger partial charge is 0.462 e. The van der Waals surface area contributed by atoms with Gasteiger partial charge < -0.3 is 4.74 Å². The zero-order valence-corrected chi connectivity index (χ0v) is 11.7. The molecule has 0 heterocycles. The summed E-state index contributed by atoms with van der Waals surface area (Å²) in [4.78, 5) is 11.8. The normalized spacial score (nSPS) is 11.6.